The molecule has 1 aromatic rings. The third-order valence-corrected chi connectivity index (χ3v) is 2.77. The molecule has 0 bridgehead atoms. The number of rotatable bonds is 6. The first kappa shape index (κ1) is 16.5. The summed E-state index contributed by atoms with van der Waals surface area (Å²) in [6, 6.07) is 2.97. The Bertz CT molecular complexity index is 452. The largest absolute Gasteiger partial charge is 0.479 e. The molecule has 0 spiro atoms. The SMILES string of the molecule is COc1nc(C(C)C)ccc1OC(C)C(F)(F)C(F)F. The second-order valence-corrected chi connectivity index (χ2v) is 4.63. The molecule has 20 heavy (non-hydrogen) atoms. The third-order valence-electron chi connectivity index (χ3n) is 2.77. The van der Waals surface area contributed by atoms with Gasteiger partial charge in [-0.2, -0.15) is 8.78 Å². The van der Waals surface area contributed by atoms with Gasteiger partial charge < -0.3 is 9.47 Å². The van der Waals surface area contributed by atoms with Crippen molar-refractivity contribution in [3.8, 4) is 11.6 Å². The summed E-state index contributed by atoms with van der Waals surface area (Å²) < 4.78 is 60.6. The molecule has 0 radical (unpaired) electrons. The highest BCUT2D eigenvalue weighted by atomic mass is 19.3. The standard InChI is InChI=1S/C13H17F4NO2/c1-7(2)9-5-6-10(11(18-9)19-4)20-8(3)13(16,17)12(14)15/h5-8,12H,1-4H3. The fourth-order valence-electron chi connectivity index (χ4n) is 1.45. The number of aromatic nitrogens is 1. The van der Waals surface area contributed by atoms with Gasteiger partial charge in [-0.3, -0.25) is 0 Å². The van der Waals surface area contributed by atoms with E-state index < -0.39 is 18.5 Å². The fourth-order valence-corrected chi connectivity index (χ4v) is 1.45. The zero-order valence-electron chi connectivity index (χ0n) is 11.7. The third kappa shape index (κ3) is 3.52. The van der Waals surface area contributed by atoms with Crippen LogP contribution in [0, 0.1) is 0 Å². The van der Waals surface area contributed by atoms with Gasteiger partial charge in [0.2, 0.25) is 0 Å². The molecule has 1 rings (SSSR count). The summed E-state index contributed by atoms with van der Waals surface area (Å²) >= 11 is 0. The van der Waals surface area contributed by atoms with Gasteiger partial charge in [0.05, 0.1) is 7.11 Å². The maximum atomic E-state index is 13.1. The van der Waals surface area contributed by atoms with Crippen molar-refractivity contribution in [1.29, 1.82) is 0 Å². The van der Waals surface area contributed by atoms with Crippen LogP contribution in [0.15, 0.2) is 12.1 Å². The highest BCUT2D eigenvalue weighted by Gasteiger charge is 2.48. The lowest BCUT2D eigenvalue weighted by molar-refractivity contribution is -0.178. The van der Waals surface area contributed by atoms with Crippen LogP contribution < -0.4 is 9.47 Å². The Hall–Kier alpha value is -1.53. The Kier molecular flexibility index (Phi) is 5.19. The van der Waals surface area contributed by atoms with Crippen LogP contribution in [-0.2, 0) is 0 Å². The molecule has 1 aromatic heterocycles. The van der Waals surface area contributed by atoms with E-state index in [-0.39, 0.29) is 17.5 Å². The number of ether oxygens (including phenoxy) is 2. The van der Waals surface area contributed by atoms with Crippen molar-refractivity contribution in [2.45, 2.75) is 45.1 Å². The summed E-state index contributed by atoms with van der Waals surface area (Å²) in [7, 11) is 1.30. The molecule has 7 heteroatoms. The molecule has 0 aliphatic rings. The van der Waals surface area contributed by atoms with Crippen LogP contribution >= 0.6 is 0 Å². The molecule has 0 saturated carbocycles. The van der Waals surface area contributed by atoms with Gasteiger partial charge in [-0.05, 0) is 25.0 Å². The summed E-state index contributed by atoms with van der Waals surface area (Å²) in [5.74, 6) is -4.24. The highest BCUT2D eigenvalue weighted by molar-refractivity contribution is 5.35. The Balaban J connectivity index is 2.98. The number of nitrogens with zero attached hydrogens (tertiary/aromatic N) is 1. The second-order valence-electron chi connectivity index (χ2n) is 4.63. The van der Waals surface area contributed by atoms with Crippen molar-refractivity contribution in [2.75, 3.05) is 7.11 Å². The molecular weight excluding hydrogens is 278 g/mol. The summed E-state index contributed by atoms with van der Waals surface area (Å²) in [5, 5.41) is 0. The first-order chi connectivity index (χ1) is 9.20. The number of halogens is 4. The minimum Gasteiger partial charge on any atom is -0.479 e. The van der Waals surface area contributed by atoms with Crippen molar-refractivity contribution in [1.82, 2.24) is 4.98 Å². The van der Waals surface area contributed by atoms with Gasteiger partial charge in [-0.25, -0.2) is 13.8 Å². The molecule has 3 nitrogen and oxygen atoms in total. The van der Waals surface area contributed by atoms with Crippen LogP contribution in [0.4, 0.5) is 17.6 Å². The van der Waals surface area contributed by atoms with E-state index in [0.29, 0.717) is 5.69 Å². The number of hydrogen-bond donors (Lipinski definition) is 0. The number of methoxy groups -OCH3 is 1. The topological polar surface area (TPSA) is 31.4 Å². The van der Waals surface area contributed by atoms with Gasteiger partial charge >= 0.3 is 12.3 Å². The highest BCUT2D eigenvalue weighted by Crippen LogP contribution is 2.33. The smallest absolute Gasteiger partial charge is 0.342 e. The maximum Gasteiger partial charge on any atom is 0.342 e. The van der Waals surface area contributed by atoms with Crippen molar-refractivity contribution < 1.29 is 27.0 Å². The van der Waals surface area contributed by atoms with E-state index >= 15 is 0 Å². The molecule has 0 aliphatic heterocycles. The van der Waals surface area contributed by atoms with E-state index in [2.05, 4.69) is 4.98 Å². The Labute approximate surface area is 114 Å². The van der Waals surface area contributed by atoms with Crippen molar-refractivity contribution >= 4 is 0 Å². The van der Waals surface area contributed by atoms with E-state index in [1.807, 2.05) is 13.8 Å². The molecule has 1 unspecified atom stereocenters. The predicted octanol–water partition coefficient (Wildman–Crippen LogP) is 3.88. The molecule has 1 atom stereocenters. The van der Waals surface area contributed by atoms with Gasteiger partial charge in [0, 0.05) is 5.69 Å². The Morgan fingerprint density at radius 1 is 1.15 bits per heavy atom. The molecule has 0 fully saturated rings. The number of hydrogen-bond acceptors (Lipinski definition) is 3. The van der Waals surface area contributed by atoms with Crippen LogP contribution in [-0.4, -0.2) is 30.5 Å². The maximum absolute atomic E-state index is 13.1. The van der Waals surface area contributed by atoms with E-state index in [0.717, 1.165) is 6.92 Å². The summed E-state index contributed by atoms with van der Waals surface area (Å²) in [5.41, 5.74) is 0.683. The molecule has 0 N–H and O–H groups in total. The van der Waals surface area contributed by atoms with Gasteiger partial charge in [-0.1, -0.05) is 13.8 Å². The lowest BCUT2D eigenvalue weighted by Gasteiger charge is -2.24. The number of pyridine rings is 1. The molecule has 114 valence electrons. The second kappa shape index (κ2) is 6.28. The van der Waals surface area contributed by atoms with Crippen molar-refractivity contribution in [3.63, 3.8) is 0 Å². The summed E-state index contributed by atoms with van der Waals surface area (Å²) in [6.45, 7) is 4.67. The van der Waals surface area contributed by atoms with E-state index in [9.17, 15) is 17.6 Å². The molecule has 0 aliphatic carbocycles. The zero-order chi connectivity index (χ0) is 15.5. The van der Waals surface area contributed by atoms with Crippen LogP contribution in [0.1, 0.15) is 32.4 Å². The lowest BCUT2D eigenvalue weighted by Crippen LogP contribution is -2.42. The predicted molar refractivity (Wildman–Crippen MR) is 65.9 cm³/mol. The average Bonchev–Trinajstić information content (AvgIpc) is 2.38. The normalized spacial score (nSPS) is 13.7. The molecular formula is C13H17F4NO2. The lowest BCUT2D eigenvalue weighted by atomic mass is 10.1. The quantitative estimate of drug-likeness (QED) is 0.746. The Morgan fingerprint density at radius 3 is 2.20 bits per heavy atom. The van der Waals surface area contributed by atoms with Gasteiger partial charge in [0.25, 0.3) is 5.88 Å². The fraction of sp³-hybridized carbons (Fsp3) is 0.615. The summed E-state index contributed by atoms with van der Waals surface area (Å²) in [4.78, 5) is 4.09. The van der Waals surface area contributed by atoms with Crippen molar-refractivity contribution in [3.05, 3.63) is 17.8 Å². The van der Waals surface area contributed by atoms with Gasteiger partial charge in [-0.15, -0.1) is 0 Å². The van der Waals surface area contributed by atoms with E-state index in [1.165, 1.54) is 13.2 Å². The van der Waals surface area contributed by atoms with Crippen LogP contribution in [0.2, 0.25) is 0 Å². The van der Waals surface area contributed by atoms with Crippen LogP contribution in [0.25, 0.3) is 0 Å². The molecule has 1 heterocycles. The molecule has 0 amide bonds. The van der Waals surface area contributed by atoms with Crippen LogP contribution in [0.3, 0.4) is 0 Å². The first-order valence-electron chi connectivity index (χ1n) is 6.07. The minimum absolute atomic E-state index is 0.00637. The zero-order valence-corrected chi connectivity index (χ0v) is 11.7. The van der Waals surface area contributed by atoms with Crippen LogP contribution in [0.5, 0.6) is 11.6 Å². The van der Waals surface area contributed by atoms with E-state index in [1.54, 1.807) is 6.07 Å². The molecule has 0 saturated heterocycles. The Morgan fingerprint density at radius 2 is 1.75 bits per heavy atom. The van der Waals surface area contributed by atoms with Crippen molar-refractivity contribution in [2.24, 2.45) is 0 Å². The van der Waals surface area contributed by atoms with E-state index in [4.69, 9.17) is 9.47 Å². The minimum atomic E-state index is -4.25. The monoisotopic (exact) mass is 295 g/mol. The molecule has 0 aromatic carbocycles. The number of alkyl halides is 4. The first-order valence-corrected chi connectivity index (χ1v) is 6.07. The average molecular weight is 295 g/mol. The summed E-state index contributed by atoms with van der Waals surface area (Å²) in [6.07, 6.45) is -5.80. The van der Waals surface area contributed by atoms with Gasteiger partial charge in [0.1, 0.15) is 0 Å². The van der Waals surface area contributed by atoms with Gasteiger partial charge in [0.15, 0.2) is 11.9 Å².